The highest BCUT2D eigenvalue weighted by Gasteiger charge is 2.21. The summed E-state index contributed by atoms with van der Waals surface area (Å²) in [6.45, 7) is -0.945. The first kappa shape index (κ1) is 11.3. The lowest BCUT2D eigenvalue weighted by Gasteiger charge is -2.04. The molecule has 8 nitrogen and oxygen atoms in total. The van der Waals surface area contributed by atoms with Crippen LogP contribution in [0.2, 0.25) is 0 Å². The summed E-state index contributed by atoms with van der Waals surface area (Å²) < 4.78 is 6.98. The average molecular weight is 194 g/mol. The highest BCUT2D eigenvalue weighted by molar-refractivity contribution is 5.88. The van der Waals surface area contributed by atoms with E-state index in [-0.39, 0.29) is 0 Å². The van der Waals surface area contributed by atoms with Gasteiger partial charge in [0.1, 0.15) is 0 Å². The number of aliphatic hydroxyl groups is 2. The topological polar surface area (TPSA) is 130 Å². The lowest BCUT2D eigenvalue weighted by molar-refractivity contribution is -0.150. The number of ether oxygens (including phenoxy) is 2. The maximum atomic E-state index is 10.4. The number of carbonyl (C=O) groups is 3. The lowest BCUT2D eigenvalue weighted by Crippen LogP contribution is -2.29. The Balaban J connectivity index is 3.92. The zero-order chi connectivity index (χ0) is 10.4. The first-order valence-corrected chi connectivity index (χ1v) is 2.92. The average Bonchev–Trinajstić information content (AvgIpc) is 2.01. The van der Waals surface area contributed by atoms with Crippen LogP contribution in [0.15, 0.2) is 0 Å². The van der Waals surface area contributed by atoms with Crippen molar-refractivity contribution in [1.82, 2.24) is 0 Å². The summed E-state index contributed by atoms with van der Waals surface area (Å²) in [6, 6.07) is 0. The molecule has 0 fully saturated rings. The maximum Gasteiger partial charge on any atom is 0.526 e. The van der Waals surface area contributed by atoms with Crippen LogP contribution in [-0.2, 0) is 14.3 Å². The molecule has 0 bridgehead atoms. The molecule has 0 rings (SSSR count). The van der Waals surface area contributed by atoms with Crippen molar-refractivity contribution in [3.05, 3.63) is 0 Å². The van der Waals surface area contributed by atoms with Crippen molar-refractivity contribution in [3.63, 3.8) is 0 Å². The summed E-state index contributed by atoms with van der Waals surface area (Å²) in [4.78, 5) is 30.4. The predicted molar refractivity (Wildman–Crippen MR) is 33.7 cm³/mol. The minimum atomic E-state index is -1.95. The Morgan fingerprint density at radius 3 is 2.15 bits per heavy atom. The van der Waals surface area contributed by atoms with Gasteiger partial charge < -0.3 is 24.8 Å². The van der Waals surface area contributed by atoms with Gasteiger partial charge in [-0.2, -0.15) is 0 Å². The van der Waals surface area contributed by atoms with E-state index in [0.29, 0.717) is 0 Å². The summed E-state index contributed by atoms with van der Waals surface area (Å²) in [5.41, 5.74) is 0. The first-order chi connectivity index (χ1) is 5.97. The molecule has 8 heteroatoms. The van der Waals surface area contributed by atoms with E-state index in [1.165, 1.54) is 0 Å². The maximum absolute atomic E-state index is 10.4. The molecule has 0 aliphatic rings. The van der Waals surface area contributed by atoms with Crippen LogP contribution in [-0.4, -0.2) is 46.3 Å². The van der Waals surface area contributed by atoms with Crippen molar-refractivity contribution in [1.29, 1.82) is 0 Å². The normalized spacial score (nSPS) is 11.5. The number of hydrogen-bond acceptors (Lipinski definition) is 7. The molecule has 0 spiro atoms. The van der Waals surface area contributed by atoms with Gasteiger partial charge in [0.2, 0.25) is 0 Å². The molecule has 0 aromatic heterocycles. The molecule has 0 radical (unpaired) electrons. The van der Waals surface area contributed by atoms with E-state index < -0.39 is 31.0 Å². The van der Waals surface area contributed by atoms with Crippen LogP contribution in [0.5, 0.6) is 0 Å². The summed E-state index contributed by atoms with van der Waals surface area (Å²) in [7, 11) is 0. The Kier molecular flexibility index (Phi) is 4.41. The number of hydrogen-bond donors (Lipinski definition) is 3. The van der Waals surface area contributed by atoms with Gasteiger partial charge in [-0.15, -0.1) is 0 Å². The third-order valence-corrected chi connectivity index (χ3v) is 0.800. The van der Waals surface area contributed by atoms with Crippen molar-refractivity contribution in [2.24, 2.45) is 0 Å². The van der Waals surface area contributed by atoms with Gasteiger partial charge in [0.25, 0.3) is 0 Å². The fourth-order valence-corrected chi connectivity index (χ4v) is 0.317. The van der Waals surface area contributed by atoms with Gasteiger partial charge in [-0.05, 0) is 0 Å². The molecule has 1 atom stereocenters. The molecule has 0 saturated heterocycles. The predicted octanol–water partition coefficient (Wildman–Crippen LogP) is -1.30. The van der Waals surface area contributed by atoms with Gasteiger partial charge >= 0.3 is 18.3 Å². The molecule has 3 N–H and O–H groups in total. The molecular formula is C5H6O8. The number of rotatable bonds is 2. The Labute approximate surface area is 71.3 Å². The quantitative estimate of drug-likeness (QED) is 0.365. The molecule has 0 aromatic carbocycles. The van der Waals surface area contributed by atoms with E-state index in [1.807, 2.05) is 0 Å². The second kappa shape index (κ2) is 5.06. The van der Waals surface area contributed by atoms with Crippen molar-refractivity contribution in [3.8, 4) is 0 Å². The van der Waals surface area contributed by atoms with Gasteiger partial charge in [-0.25, -0.2) is 14.4 Å². The van der Waals surface area contributed by atoms with E-state index in [2.05, 4.69) is 9.47 Å². The van der Waals surface area contributed by atoms with Crippen LogP contribution in [0, 0.1) is 0 Å². The molecule has 0 aliphatic heterocycles. The van der Waals surface area contributed by atoms with Crippen molar-refractivity contribution < 1.29 is 39.2 Å². The SMILES string of the molecule is O=C(O)OC(=O)OC(=O)C(O)CO. The third kappa shape index (κ3) is 4.71. The Morgan fingerprint density at radius 1 is 1.23 bits per heavy atom. The van der Waals surface area contributed by atoms with Crippen LogP contribution in [0.4, 0.5) is 9.59 Å². The van der Waals surface area contributed by atoms with E-state index in [4.69, 9.17) is 15.3 Å². The summed E-state index contributed by atoms with van der Waals surface area (Å²) in [5, 5.41) is 24.6. The zero-order valence-corrected chi connectivity index (χ0v) is 6.17. The van der Waals surface area contributed by atoms with E-state index in [1.54, 1.807) is 0 Å². The summed E-state index contributed by atoms with van der Waals surface area (Å²) in [6.07, 6.45) is -5.64. The molecule has 0 saturated carbocycles. The monoisotopic (exact) mass is 194 g/mol. The fourth-order valence-electron chi connectivity index (χ4n) is 0.317. The molecule has 0 aliphatic carbocycles. The molecule has 74 valence electrons. The first-order valence-electron chi connectivity index (χ1n) is 2.92. The molecule has 1 unspecified atom stereocenters. The second-order valence-electron chi connectivity index (χ2n) is 1.74. The highest BCUT2D eigenvalue weighted by atomic mass is 16.8. The Bertz CT molecular complexity index is 221. The number of carbonyl (C=O) groups excluding carboxylic acids is 2. The summed E-state index contributed by atoms with van der Waals surface area (Å²) >= 11 is 0. The Morgan fingerprint density at radius 2 is 1.77 bits per heavy atom. The van der Waals surface area contributed by atoms with Crippen LogP contribution in [0.1, 0.15) is 0 Å². The largest absolute Gasteiger partial charge is 0.526 e. The molecule has 13 heavy (non-hydrogen) atoms. The van der Waals surface area contributed by atoms with E-state index >= 15 is 0 Å². The van der Waals surface area contributed by atoms with E-state index in [9.17, 15) is 14.4 Å². The van der Waals surface area contributed by atoms with Crippen molar-refractivity contribution in [2.75, 3.05) is 6.61 Å². The third-order valence-electron chi connectivity index (χ3n) is 0.800. The highest BCUT2D eigenvalue weighted by Crippen LogP contribution is 1.91. The van der Waals surface area contributed by atoms with Crippen molar-refractivity contribution in [2.45, 2.75) is 6.10 Å². The van der Waals surface area contributed by atoms with Crippen LogP contribution >= 0.6 is 0 Å². The number of aliphatic hydroxyl groups excluding tert-OH is 2. The Hall–Kier alpha value is -1.67. The van der Waals surface area contributed by atoms with Gasteiger partial charge in [0.15, 0.2) is 6.10 Å². The van der Waals surface area contributed by atoms with Crippen molar-refractivity contribution >= 4 is 18.3 Å². The minimum Gasteiger partial charge on any atom is -0.449 e. The molecule has 0 amide bonds. The van der Waals surface area contributed by atoms with Crippen LogP contribution < -0.4 is 0 Å². The lowest BCUT2D eigenvalue weighted by atomic mass is 10.4. The summed E-state index contributed by atoms with van der Waals surface area (Å²) in [5.74, 6) is -1.49. The zero-order valence-electron chi connectivity index (χ0n) is 6.17. The fraction of sp³-hybridized carbons (Fsp3) is 0.400. The second-order valence-corrected chi connectivity index (χ2v) is 1.74. The smallest absolute Gasteiger partial charge is 0.449 e. The van der Waals surface area contributed by atoms with Crippen LogP contribution in [0.3, 0.4) is 0 Å². The number of esters is 1. The molecular weight excluding hydrogens is 188 g/mol. The van der Waals surface area contributed by atoms with E-state index in [0.717, 1.165) is 0 Å². The number of carboxylic acid groups (broad SMARTS) is 1. The van der Waals surface area contributed by atoms with Gasteiger partial charge in [0, 0.05) is 0 Å². The van der Waals surface area contributed by atoms with Gasteiger partial charge in [-0.3, -0.25) is 0 Å². The molecule has 0 heterocycles. The van der Waals surface area contributed by atoms with Crippen LogP contribution in [0.25, 0.3) is 0 Å². The van der Waals surface area contributed by atoms with Gasteiger partial charge in [-0.1, -0.05) is 0 Å². The standard InChI is InChI=1S/C5H6O8/c6-1-2(7)3(8)12-5(11)13-4(9)10/h2,6-7H,1H2,(H,9,10). The minimum absolute atomic E-state index is 0.945. The van der Waals surface area contributed by atoms with Gasteiger partial charge in [0.05, 0.1) is 6.61 Å². The molecule has 0 aromatic rings.